The fourth-order valence-electron chi connectivity index (χ4n) is 5.64. The van der Waals surface area contributed by atoms with E-state index in [-0.39, 0.29) is 18.0 Å². The van der Waals surface area contributed by atoms with E-state index in [1.807, 2.05) is 70.4 Å². The summed E-state index contributed by atoms with van der Waals surface area (Å²) in [6, 6.07) is 21.4. The van der Waals surface area contributed by atoms with Crippen LogP contribution in [0.25, 0.3) is 5.82 Å². The number of nitrogens with zero attached hydrogens (tertiary/aromatic N) is 4. The molecule has 37 heavy (non-hydrogen) atoms. The maximum Gasteiger partial charge on any atom is 0.231 e. The van der Waals surface area contributed by atoms with Crippen molar-refractivity contribution in [3.63, 3.8) is 0 Å². The molecule has 0 fully saturated rings. The highest BCUT2D eigenvalue weighted by Gasteiger charge is 2.46. The van der Waals surface area contributed by atoms with E-state index < -0.39 is 5.92 Å². The zero-order valence-corrected chi connectivity index (χ0v) is 20.6. The summed E-state index contributed by atoms with van der Waals surface area (Å²) in [6.45, 7) is 4.30. The Balaban J connectivity index is 1.70. The molecule has 1 atom stereocenters. The van der Waals surface area contributed by atoms with Crippen molar-refractivity contribution in [3.8, 4) is 23.6 Å². The van der Waals surface area contributed by atoms with Gasteiger partial charge in [-0.05, 0) is 53.8 Å². The summed E-state index contributed by atoms with van der Waals surface area (Å²) in [5.41, 5.74) is 3.44. The third-order valence-corrected chi connectivity index (χ3v) is 7.16. The molecule has 3 aliphatic rings. The molecular weight excluding hydrogens is 464 g/mol. The zero-order valence-electron chi connectivity index (χ0n) is 20.6. The van der Waals surface area contributed by atoms with E-state index in [0.29, 0.717) is 52.6 Å². The molecule has 2 aromatic carbocycles. The van der Waals surface area contributed by atoms with Gasteiger partial charge in [0.25, 0.3) is 0 Å². The molecule has 182 valence electrons. The zero-order chi connectivity index (χ0) is 25.7. The average molecular weight is 489 g/mol. The van der Waals surface area contributed by atoms with E-state index in [9.17, 15) is 15.3 Å². The van der Waals surface area contributed by atoms with Gasteiger partial charge in [-0.2, -0.15) is 10.5 Å². The van der Waals surface area contributed by atoms with E-state index in [0.717, 1.165) is 11.3 Å². The molecule has 7 nitrogen and oxygen atoms in total. The number of allylic oxidation sites excluding steroid dienone is 3. The third kappa shape index (κ3) is 3.59. The number of para-hydroxylation sites is 1. The van der Waals surface area contributed by atoms with Gasteiger partial charge >= 0.3 is 0 Å². The van der Waals surface area contributed by atoms with Gasteiger partial charge in [0.15, 0.2) is 17.3 Å². The molecular formula is C30H24N4O3. The van der Waals surface area contributed by atoms with Crippen LogP contribution < -0.4 is 14.4 Å². The number of hydrogen-bond donors (Lipinski definition) is 0. The molecule has 0 amide bonds. The van der Waals surface area contributed by atoms with Crippen LogP contribution in [0.3, 0.4) is 0 Å². The molecule has 0 N–H and O–H groups in total. The summed E-state index contributed by atoms with van der Waals surface area (Å²) in [4.78, 5) is 15.9. The number of ketones is 1. The van der Waals surface area contributed by atoms with Crippen molar-refractivity contribution in [3.05, 3.63) is 95.0 Å². The number of hydrogen-bond acceptors (Lipinski definition) is 6. The van der Waals surface area contributed by atoms with E-state index in [2.05, 4.69) is 26.0 Å². The molecule has 0 spiro atoms. The summed E-state index contributed by atoms with van der Waals surface area (Å²) < 4.78 is 13.0. The number of Topliss-reactive ketones (excluding diaryl/α,β-unsaturated/α-hetero) is 1. The second-order valence-corrected chi connectivity index (χ2v) is 10.3. The SMILES string of the molecule is CC1(C)CC(=O)C2=C(C1)N(c1ccccc1C#N)C(n1cccc1)=C(C#N)C2c1ccc2c(c1)OCO2. The predicted octanol–water partition coefficient (Wildman–Crippen LogP) is 5.73. The Labute approximate surface area is 215 Å². The fourth-order valence-corrected chi connectivity index (χ4v) is 5.64. The van der Waals surface area contributed by atoms with Crippen molar-refractivity contribution in [2.45, 2.75) is 32.6 Å². The maximum atomic E-state index is 13.9. The molecule has 0 saturated carbocycles. The molecule has 2 aliphatic heterocycles. The summed E-state index contributed by atoms with van der Waals surface area (Å²) in [5, 5.41) is 20.6. The monoisotopic (exact) mass is 488 g/mol. The number of fused-ring (bicyclic) bond motifs is 1. The van der Waals surface area contributed by atoms with Crippen molar-refractivity contribution < 1.29 is 14.3 Å². The largest absolute Gasteiger partial charge is 0.454 e. The minimum Gasteiger partial charge on any atom is -0.454 e. The van der Waals surface area contributed by atoms with Crippen LogP contribution in [-0.4, -0.2) is 17.1 Å². The molecule has 3 heterocycles. The van der Waals surface area contributed by atoms with Gasteiger partial charge < -0.3 is 14.0 Å². The van der Waals surface area contributed by atoms with Gasteiger partial charge in [0.1, 0.15) is 11.9 Å². The summed E-state index contributed by atoms with van der Waals surface area (Å²) in [5.74, 6) is 1.28. The predicted molar refractivity (Wildman–Crippen MR) is 137 cm³/mol. The van der Waals surface area contributed by atoms with E-state index in [1.54, 1.807) is 6.07 Å². The van der Waals surface area contributed by atoms with Crippen molar-refractivity contribution in [2.75, 3.05) is 11.7 Å². The van der Waals surface area contributed by atoms with Crippen LogP contribution in [0.2, 0.25) is 0 Å². The van der Waals surface area contributed by atoms with Gasteiger partial charge in [-0.15, -0.1) is 0 Å². The number of carbonyl (C=O) groups is 1. The Hall–Kier alpha value is -4.75. The van der Waals surface area contributed by atoms with Crippen molar-refractivity contribution >= 4 is 17.3 Å². The Morgan fingerprint density at radius 3 is 2.46 bits per heavy atom. The molecule has 0 saturated heterocycles. The third-order valence-electron chi connectivity index (χ3n) is 7.16. The minimum atomic E-state index is -0.582. The standard InChI is InChI=1S/C30H24N4O3/c1-30(2)14-23-28(24(35)15-30)27(19-9-10-25-26(13-19)37-18-36-25)21(17-32)29(33-11-5-6-12-33)34(23)22-8-4-3-7-20(22)16-31/h3-13,27H,14-15,18H2,1-2H3. The highest BCUT2D eigenvalue weighted by atomic mass is 16.7. The van der Waals surface area contributed by atoms with E-state index >= 15 is 0 Å². The van der Waals surface area contributed by atoms with Crippen LogP contribution in [0.4, 0.5) is 5.69 Å². The molecule has 0 radical (unpaired) electrons. The Morgan fingerprint density at radius 2 is 1.70 bits per heavy atom. The van der Waals surface area contributed by atoms with E-state index in [4.69, 9.17) is 9.47 Å². The first-order valence-electron chi connectivity index (χ1n) is 12.1. The van der Waals surface area contributed by atoms with Gasteiger partial charge in [-0.3, -0.25) is 9.69 Å². The first kappa shape index (κ1) is 22.7. The Bertz CT molecular complexity index is 1580. The highest BCUT2D eigenvalue weighted by molar-refractivity contribution is 6.04. The van der Waals surface area contributed by atoms with Crippen LogP contribution in [0, 0.1) is 28.1 Å². The van der Waals surface area contributed by atoms with Crippen molar-refractivity contribution in [1.29, 1.82) is 10.5 Å². The molecule has 7 heteroatoms. The first-order valence-corrected chi connectivity index (χ1v) is 12.1. The summed E-state index contributed by atoms with van der Waals surface area (Å²) >= 11 is 0. The lowest BCUT2D eigenvalue weighted by molar-refractivity contribution is -0.118. The smallest absolute Gasteiger partial charge is 0.231 e. The summed E-state index contributed by atoms with van der Waals surface area (Å²) in [6.07, 6.45) is 4.75. The highest BCUT2D eigenvalue weighted by Crippen LogP contribution is 2.53. The number of anilines is 1. The van der Waals surface area contributed by atoms with Gasteiger partial charge in [-0.25, -0.2) is 0 Å². The molecule has 0 bridgehead atoms. The van der Waals surface area contributed by atoms with Gasteiger partial charge in [-0.1, -0.05) is 32.0 Å². The number of nitriles is 2. The Kier molecular flexibility index (Phi) is 5.17. The quantitative estimate of drug-likeness (QED) is 0.468. The lowest BCUT2D eigenvalue weighted by Crippen LogP contribution is -2.40. The van der Waals surface area contributed by atoms with Gasteiger partial charge in [0, 0.05) is 30.1 Å². The van der Waals surface area contributed by atoms with Crippen LogP contribution in [0.5, 0.6) is 11.5 Å². The lowest BCUT2D eigenvalue weighted by Gasteiger charge is -2.45. The molecule has 1 aromatic heterocycles. The molecule has 1 aliphatic carbocycles. The molecule has 3 aromatic rings. The number of aromatic nitrogens is 1. The van der Waals surface area contributed by atoms with Crippen molar-refractivity contribution in [1.82, 2.24) is 4.57 Å². The number of carbonyl (C=O) groups excluding carboxylic acids is 1. The topological polar surface area (TPSA) is 91.3 Å². The normalized spacial score (nSPS) is 19.9. The Morgan fingerprint density at radius 1 is 0.946 bits per heavy atom. The van der Waals surface area contributed by atoms with Crippen LogP contribution in [-0.2, 0) is 4.79 Å². The maximum absolute atomic E-state index is 13.9. The van der Waals surface area contributed by atoms with Crippen LogP contribution in [0.1, 0.15) is 43.7 Å². The second kappa shape index (κ2) is 8.43. The first-order chi connectivity index (χ1) is 17.9. The summed E-state index contributed by atoms with van der Waals surface area (Å²) in [7, 11) is 0. The number of ether oxygens (including phenoxy) is 2. The van der Waals surface area contributed by atoms with E-state index in [1.165, 1.54) is 0 Å². The number of benzene rings is 2. The minimum absolute atomic E-state index is 0.00709. The number of rotatable bonds is 3. The molecule has 1 unspecified atom stereocenters. The van der Waals surface area contributed by atoms with Crippen LogP contribution in [0.15, 0.2) is 83.8 Å². The van der Waals surface area contributed by atoms with Gasteiger partial charge in [0.2, 0.25) is 6.79 Å². The molecule has 6 rings (SSSR count). The van der Waals surface area contributed by atoms with Crippen LogP contribution >= 0.6 is 0 Å². The lowest BCUT2D eigenvalue weighted by atomic mass is 9.68. The van der Waals surface area contributed by atoms with Gasteiger partial charge in [0.05, 0.1) is 28.8 Å². The average Bonchev–Trinajstić information content (AvgIpc) is 3.58. The second-order valence-electron chi connectivity index (χ2n) is 10.3. The fraction of sp³-hybridized carbons (Fsp3) is 0.233. The van der Waals surface area contributed by atoms with Crippen molar-refractivity contribution in [2.24, 2.45) is 5.41 Å².